The number of anilines is 4. The van der Waals surface area contributed by atoms with E-state index in [-0.39, 0.29) is 18.4 Å². The van der Waals surface area contributed by atoms with Crippen LogP contribution in [0.15, 0.2) is 40.9 Å². The van der Waals surface area contributed by atoms with E-state index in [2.05, 4.69) is 25.7 Å². The minimum absolute atomic E-state index is 0.102. The molecule has 0 unspecified atom stereocenters. The van der Waals surface area contributed by atoms with Gasteiger partial charge in [-0.15, -0.1) is 0 Å². The monoisotopic (exact) mass is 590 g/mol. The number of carbonyl (C=O) groups excluding carboxylic acids is 1. The van der Waals surface area contributed by atoms with E-state index in [1.165, 1.54) is 0 Å². The molecule has 0 spiro atoms. The topological polar surface area (TPSA) is 168 Å². The number of nitrogen functional groups attached to an aromatic ring is 2. The number of aryl methyl sites for hydroxylation is 2. The summed E-state index contributed by atoms with van der Waals surface area (Å²) in [5, 5.41) is 11.9. The highest BCUT2D eigenvalue weighted by molar-refractivity contribution is 6.31. The Morgan fingerprint density at radius 1 is 1.12 bits per heavy atom. The van der Waals surface area contributed by atoms with Crippen molar-refractivity contribution in [3.63, 3.8) is 0 Å². The van der Waals surface area contributed by atoms with E-state index in [0.29, 0.717) is 62.6 Å². The number of amides is 1. The van der Waals surface area contributed by atoms with Gasteiger partial charge in [-0.3, -0.25) is 9.48 Å². The molecule has 3 aromatic heterocycles. The number of benzene rings is 2. The van der Waals surface area contributed by atoms with Gasteiger partial charge >= 0.3 is 0 Å². The number of aromatic nitrogens is 4. The molecule has 5 rings (SSSR count). The Morgan fingerprint density at radius 2 is 1.90 bits per heavy atom. The first-order valence-electron chi connectivity index (χ1n) is 13.0. The van der Waals surface area contributed by atoms with E-state index in [1.54, 1.807) is 43.3 Å². The van der Waals surface area contributed by atoms with Crippen LogP contribution < -0.4 is 31.6 Å². The third kappa shape index (κ3) is 5.48. The number of furan rings is 1. The van der Waals surface area contributed by atoms with E-state index >= 15 is 0 Å². The molecule has 0 fully saturated rings. The molecule has 0 atom stereocenters. The summed E-state index contributed by atoms with van der Waals surface area (Å²) in [7, 11) is 4.93. The quantitative estimate of drug-likeness (QED) is 0.186. The molecule has 0 radical (unpaired) electrons. The van der Waals surface area contributed by atoms with Crippen LogP contribution in [0.2, 0.25) is 5.02 Å². The summed E-state index contributed by atoms with van der Waals surface area (Å²) in [5.74, 6) is 1.64. The van der Waals surface area contributed by atoms with Gasteiger partial charge in [0.2, 0.25) is 11.7 Å². The average molecular weight is 591 g/mol. The van der Waals surface area contributed by atoms with E-state index in [4.69, 9.17) is 37.0 Å². The Balaban J connectivity index is 1.46. The van der Waals surface area contributed by atoms with Crippen molar-refractivity contribution < 1.29 is 18.7 Å². The second-order valence-electron chi connectivity index (χ2n) is 9.71. The molecule has 0 saturated carbocycles. The summed E-state index contributed by atoms with van der Waals surface area (Å²) in [4.78, 5) is 21.5. The summed E-state index contributed by atoms with van der Waals surface area (Å²) in [5.41, 5.74) is 17.0. The van der Waals surface area contributed by atoms with Crippen molar-refractivity contribution in [2.45, 2.75) is 26.8 Å². The number of fused-ring (bicyclic) bond motifs is 1. The highest BCUT2D eigenvalue weighted by Gasteiger charge is 2.21. The lowest BCUT2D eigenvalue weighted by atomic mass is 10.0. The first-order valence-corrected chi connectivity index (χ1v) is 13.4. The fraction of sp³-hybridized carbons (Fsp3) is 0.241. The van der Waals surface area contributed by atoms with E-state index in [9.17, 15) is 4.79 Å². The Morgan fingerprint density at radius 3 is 2.57 bits per heavy atom. The number of hydrogen-bond acceptors (Lipinski definition) is 10. The number of carbonyl (C=O) groups is 1. The molecule has 0 saturated heterocycles. The maximum atomic E-state index is 13.3. The molecular formula is C29H31ClN8O4. The molecule has 5 aromatic rings. The Hall–Kier alpha value is -4.97. The van der Waals surface area contributed by atoms with Gasteiger partial charge in [0, 0.05) is 41.3 Å². The van der Waals surface area contributed by atoms with Crippen LogP contribution in [0, 0.1) is 13.8 Å². The zero-order chi connectivity index (χ0) is 30.1. The van der Waals surface area contributed by atoms with Gasteiger partial charge in [-0.2, -0.15) is 10.1 Å². The van der Waals surface area contributed by atoms with Crippen molar-refractivity contribution in [1.82, 2.24) is 19.7 Å². The van der Waals surface area contributed by atoms with Gasteiger partial charge in [-0.05, 0) is 49.7 Å². The predicted molar refractivity (Wildman–Crippen MR) is 162 cm³/mol. The SMILES string of the molecule is COc1cc(Cc2cnc(N)nc2N)c2cc(CNc3cc(Cl)ccc3C(=O)Nc3c(C)nn(C)c3C)oc2c1OC. The zero-order valence-corrected chi connectivity index (χ0v) is 24.6. The second-order valence-corrected chi connectivity index (χ2v) is 10.1. The molecule has 0 aliphatic carbocycles. The van der Waals surface area contributed by atoms with E-state index in [0.717, 1.165) is 22.3 Å². The van der Waals surface area contributed by atoms with Crippen molar-refractivity contribution in [2.75, 3.05) is 36.3 Å². The van der Waals surface area contributed by atoms with Gasteiger partial charge < -0.3 is 36.0 Å². The number of nitrogens with zero attached hydrogens (tertiary/aromatic N) is 4. The number of nitrogens with one attached hydrogen (secondary N) is 2. The first kappa shape index (κ1) is 28.6. The fourth-order valence-corrected chi connectivity index (χ4v) is 4.97. The first-order chi connectivity index (χ1) is 20.1. The lowest BCUT2D eigenvalue weighted by molar-refractivity contribution is 0.102. The zero-order valence-electron chi connectivity index (χ0n) is 23.8. The summed E-state index contributed by atoms with van der Waals surface area (Å²) in [6.45, 7) is 3.99. The summed E-state index contributed by atoms with van der Waals surface area (Å²) in [6, 6.07) is 8.81. The molecule has 3 heterocycles. The van der Waals surface area contributed by atoms with Crippen LogP contribution in [0.4, 0.5) is 23.1 Å². The molecule has 0 bridgehead atoms. The fourth-order valence-electron chi connectivity index (χ4n) is 4.80. The summed E-state index contributed by atoms with van der Waals surface area (Å²) < 4.78 is 19.2. The standard InChI is InChI=1S/C29H31ClN8O4/c1-14-24(15(2)38(3)37-14)35-28(39)20-7-6-18(30)10-22(20)33-13-19-11-21-16(8-17-12-34-29(32)36-27(17)31)9-23(40-4)26(41-5)25(21)42-19/h6-7,9-12,33H,8,13H2,1-5H3,(H,35,39)(H4,31,32,34,36). The molecule has 0 aliphatic heterocycles. The van der Waals surface area contributed by atoms with Crippen molar-refractivity contribution in [1.29, 1.82) is 0 Å². The van der Waals surface area contributed by atoms with Gasteiger partial charge in [-0.25, -0.2) is 4.98 Å². The lowest BCUT2D eigenvalue weighted by Crippen LogP contribution is -2.16. The summed E-state index contributed by atoms with van der Waals surface area (Å²) in [6.07, 6.45) is 2.00. The van der Waals surface area contributed by atoms with Gasteiger partial charge in [0.05, 0.1) is 43.4 Å². The third-order valence-corrected chi connectivity index (χ3v) is 7.25. The molecule has 12 nitrogen and oxygen atoms in total. The number of nitrogens with two attached hydrogens (primary N) is 2. The smallest absolute Gasteiger partial charge is 0.257 e. The van der Waals surface area contributed by atoms with Crippen LogP contribution in [0.25, 0.3) is 11.0 Å². The highest BCUT2D eigenvalue weighted by atomic mass is 35.5. The van der Waals surface area contributed by atoms with Crippen LogP contribution >= 0.6 is 11.6 Å². The van der Waals surface area contributed by atoms with Crippen LogP contribution in [-0.2, 0) is 20.0 Å². The van der Waals surface area contributed by atoms with Crippen LogP contribution in [0.3, 0.4) is 0 Å². The lowest BCUT2D eigenvalue weighted by Gasteiger charge is -2.12. The third-order valence-electron chi connectivity index (χ3n) is 7.01. The molecule has 13 heteroatoms. The Labute approximate surface area is 247 Å². The number of rotatable bonds is 9. The minimum Gasteiger partial charge on any atom is -0.493 e. The van der Waals surface area contributed by atoms with Gasteiger partial charge in [-0.1, -0.05) is 11.6 Å². The van der Waals surface area contributed by atoms with Gasteiger partial charge in [0.15, 0.2) is 11.3 Å². The molecule has 6 N–H and O–H groups in total. The normalized spacial score (nSPS) is 11.1. The summed E-state index contributed by atoms with van der Waals surface area (Å²) >= 11 is 6.31. The Kier molecular flexibility index (Phi) is 7.81. The maximum Gasteiger partial charge on any atom is 0.257 e. The number of halogens is 1. The van der Waals surface area contributed by atoms with Crippen molar-refractivity contribution >= 4 is 51.6 Å². The minimum atomic E-state index is -0.296. The molecule has 0 aliphatic rings. The van der Waals surface area contributed by atoms with Crippen LogP contribution in [0.1, 0.15) is 38.6 Å². The molecule has 218 valence electrons. The molecule has 1 amide bonds. The average Bonchev–Trinajstić information content (AvgIpc) is 3.49. The van der Waals surface area contributed by atoms with Gasteiger partial charge in [0.1, 0.15) is 11.6 Å². The van der Waals surface area contributed by atoms with E-state index < -0.39 is 0 Å². The van der Waals surface area contributed by atoms with Crippen molar-refractivity contribution in [3.8, 4) is 11.5 Å². The van der Waals surface area contributed by atoms with Crippen LogP contribution in [0.5, 0.6) is 11.5 Å². The number of methoxy groups -OCH3 is 2. The molecular weight excluding hydrogens is 560 g/mol. The van der Waals surface area contributed by atoms with Crippen LogP contribution in [-0.4, -0.2) is 39.9 Å². The Bertz CT molecular complexity index is 1810. The molecule has 42 heavy (non-hydrogen) atoms. The van der Waals surface area contributed by atoms with E-state index in [1.807, 2.05) is 33.0 Å². The van der Waals surface area contributed by atoms with Crippen molar-refractivity contribution in [2.24, 2.45) is 7.05 Å². The number of ether oxygens (including phenoxy) is 2. The largest absolute Gasteiger partial charge is 0.493 e. The predicted octanol–water partition coefficient (Wildman–Crippen LogP) is 4.86. The van der Waals surface area contributed by atoms with Crippen molar-refractivity contribution in [3.05, 3.63) is 75.4 Å². The molecule has 2 aromatic carbocycles. The van der Waals surface area contributed by atoms with Gasteiger partial charge in [0.25, 0.3) is 5.91 Å². The maximum absolute atomic E-state index is 13.3. The highest BCUT2D eigenvalue weighted by Crippen LogP contribution is 2.41. The number of hydrogen-bond donors (Lipinski definition) is 4. The second kappa shape index (κ2) is 11.5.